The first-order valence-corrected chi connectivity index (χ1v) is 11.2. The van der Waals surface area contributed by atoms with Crippen molar-refractivity contribution in [3.8, 4) is 5.75 Å². The maximum atomic E-state index is 12.2. The lowest BCUT2D eigenvalue weighted by atomic mass is 9.98. The van der Waals surface area contributed by atoms with Crippen LogP contribution in [-0.2, 0) is 6.54 Å². The van der Waals surface area contributed by atoms with E-state index in [0.717, 1.165) is 49.7 Å². The molecule has 1 saturated heterocycles. The Morgan fingerprint density at radius 2 is 1.97 bits per heavy atom. The molecule has 0 spiro atoms. The van der Waals surface area contributed by atoms with Crippen molar-refractivity contribution in [1.29, 1.82) is 0 Å². The van der Waals surface area contributed by atoms with Crippen molar-refractivity contribution in [1.82, 2.24) is 15.5 Å². The number of methoxy groups -OCH3 is 1. The summed E-state index contributed by atoms with van der Waals surface area (Å²) in [6.45, 7) is 8.11. The highest BCUT2D eigenvalue weighted by atomic mass is 16.5. The molecule has 6 heteroatoms. The van der Waals surface area contributed by atoms with Crippen molar-refractivity contribution in [2.45, 2.75) is 39.2 Å². The fourth-order valence-electron chi connectivity index (χ4n) is 3.84. The molecule has 6 nitrogen and oxygen atoms in total. The number of nitrogens with one attached hydrogen (secondary N) is 2. The zero-order valence-corrected chi connectivity index (χ0v) is 18.9. The minimum absolute atomic E-state index is 0.0264. The van der Waals surface area contributed by atoms with Gasteiger partial charge in [-0.1, -0.05) is 31.2 Å². The SMILES string of the molecule is CCCNC(=O)c1cccc(CN=C(NCC)N2CCC(c3ccc(OC)cc3)C2)c1. The lowest BCUT2D eigenvalue weighted by molar-refractivity contribution is 0.0953. The highest BCUT2D eigenvalue weighted by Crippen LogP contribution is 2.28. The van der Waals surface area contributed by atoms with Gasteiger partial charge in [0.15, 0.2) is 5.96 Å². The first kappa shape index (κ1) is 22.7. The standard InChI is InChI=1S/C25H34N4O2/c1-4-14-27-24(30)21-8-6-7-19(16-21)17-28-25(26-5-2)29-15-13-22(18-29)20-9-11-23(31-3)12-10-20/h6-12,16,22H,4-5,13-15,17-18H2,1-3H3,(H,26,28)(H,27,30). The number of nitrogens with zero attached hydrogens (tertiary/aromatic N) is 2. The third-order valence-corrected chi connectivity index (χ3v) is 5.55. The van der Waals surface area contributed by atoms with Crippen molar-refractivity contribution in [3.63, 3.8) is 0 Å². The van der Waals surface area contributed by atoms with Gasteiger partial charge in [0.05, 0.1) is 13.7 Å². The van der Waals surface area contributed by atoms with Crippen LogP contribution in [0.1, 0.15) is 54.1 Å². The number of hydrogen-bond acceptors (Lipinski definition) is 3. The van der Waals surface area contributed by atoms with Crippen LogP contribution in [0.4, 0.5) is 0 Å². The van der Waals surface area contributed by atoms with E-state index in [-0.39, 0.29) is 5.91 Å². The van der Waals surface area contributed by atoms with Crippen molar-refractivity contribution in [2.24, 2.45) is 4.99 Å². The van der Waals surface area contributed by atoms with E-state index in [1.807, 2.05) is 43.3 Å². The smallest absolute Gasteiger partial charge is 0.251 e. The number of likely N-dealkylation sites (tertiary alicyclic amines) is 1. The minimum atomic E-state index is -0.0264. The highest BCUT2D eigenvalue weighted by molar-refractivity contribution is 5.94. The van der Waals surface area contributed by atoms with Gasteiger partial charge in [0.1, 0.15) is 5.75 Å². The summed E-state index contributed by atoms with van der Waals surface area (Å²) in [5.74, 6) is 2.28. The molecule has 1 unspecified atom stereocenters. The van der Waals surface area contributed by atoms with Crippen LogP contribution < -0.4 is 15.4 Å². The van der Waals surface area contributed by atoms with E-state index < -0.39 is 0 Å². The molecule has 2 aromatic rings. The summed E-state index contributed by atoms with van der Waals surface area (Å²) in [6.07, 6.45) is 2.03. The molecule has 3 rings (SSSR count). The lowest BCUT2D eigenvalue weighted by Gasteiger charge is -2.22. The molecule has 2 aromatic carbocycles. The second-order valence-corrected chi connectivity index (χ2v) is 7.83. The third kappa shape index (κ3) is 6.23. The predicted octanol–water partition coefficient (Wildman–Crippen LogP) is 3.79. The van der Waals surface area contributed by atoms with Crippen molar-refractivity contribution in [3.05, 3.63) is 65.2 Å². The maximum Gasteiger partial charge on any atom is 0.251 e. The zero-order valence-electron chi connectivity index (χ0n) is 18.9. The van der Waals surface area contributed by atoms with Crippen LogP contribution in [0.15, 0.2) is 53.5 Å². The van der Waals surface area contributed by atoms with Crippen LogP contribution in [0.5, 0.6) is 5.75 Å². The summed E-state index contributed by atoms with van der Waals surface area (Å²) < 4.78 is 5.27. The second-order valence-electron chi connectivity index (χ2n) is 7.83. The molecule has 0 aromatic heterocycles. The van der Waals surface area contributed by atoms with Crippen LogP contribution in [0.25, 0.3) is 0 Å². The number of carbonyl (C=O) groups excluding carboxylic acids is 1. The molecule has 1 amide bonds. The Labute approximate surface area is 185 Å². The Morgan fingerprint density at radius 3 is 2.68 bits per heavy atom. The van der Waals surface area contributed by atoms with Gasteiger partial charge in [0.2, 0.25) is 0 Å². The summed E-state index contributed by atoms with van der Waals surface area (Å²) >= 11 is 0. The van der Waals surface area contributed by atoms with Crippen LogP contribution in [0, 0.1) is 0 Å². The summed E-state index contributed by atoms with van der Waals surface area (Å²) in [7, 11) is 1.69. The molecule has 0 saturated carbocycles. The maximum absolute atomic E-state index is 12.2. The Bertz CT molecular complexity index is 879. The Hall–Kier alpha value is -3.02. The number of carbonyl (C=O) groups is 1. The fourth-order valence-corrected chi connectivity index (χ4v) is 3.84. The largest absolute Gasteiger partial charge is 0.497 e. The second kappa shape index (κ2) is 11.4. The molecule has 166 valence electrons. The number of aliphatic imine (C=N–C) groups is 1. The first-order valence-electron chi connectivity index (χ1n) is 11.2. The minimum Gasteiger partial charge on any atom is -0.497 e. The average Bonchev–Trinajstić information content (AvgIpc) is 3.30. The number of benzene rings is 2. The topological polar surface area (TPSA) is 66.0 Å². The monoisotopic (exact) mass is 422 g/mol. The van der Waals surface area contributed by atoms with E-state index in [1.54, 1.807) is 7.11 Å². The number of guanidine groups is 1. The summed E-state index contributed by atoms with van der Waals surface area (Å²) in [5, 5.41) is 6.36. The van der Waals surface area contributed by atoms with E-state index in [4.69, 9.17) is 9.73 Å². The Morgan fingerprint density at radius 1 is 1.16 bits per heavy atom. The number of rotatable bonds is 8. The van der Waals surface area contributed by atoms with E-state index in [1.165, 1.54) is 5.56 Å². The molecule has 1 fully saturated rings. The van der Waals surface area contributed by atoms with Crippen LogP contribution in [0.2, 0.25) is 0 Å². The highest BCUT2D eigenvalue weighted by Gasteiger charge is 2.26. The van der Waals surface area contributed by atoms with Gasteiger partial charge in [0.25, 0.3) is 5.91 Å². The van der Waals surface area contributed by atoms with E-state index in [9.17, 15) is 4.79 Å². The molecule has 1 atom stereocenters. The normalized spacial score (nSPS) is 16.3. The quantitative estimate of drug-likeness (QED) is 0.502. The molecule has 0 radical (unpaired) electrons. The van der Waals surface area contributed by atoms with E-state index >= 15 is 0 Å². The van der Waals surface area contributed by atoms with Gasteiger partial charge in [-0.3, -0.25) is 4.79 Å². The average molecular weight is 423 g/mol. The molecular weight excluding hydrogens is 388 g/mol. The van der Waals surface area contributed by atoms with Crippen LogP contribution in [-0.4, -0.2) is 50.1 Å². The van der Waals surface area contributed by atoms with Gasteiger partial charge < -0.3 is 20.3 Å². The third-order valence-electron chi connectivity index (χ3n) is 5.55. The number of hydrogen-bond donors (Lipinski definition) is 2. The molecule has 2 N–H and O–H groups in total. The van der Waals surface area contributed by atoms with Crippen LogP contribution >= 0.6 is 0 Å². The number of amides is 1. The molecule has 0 aliphatic carbocycles. The van der Waals surface area contributed by atoms with Gasteiger partial charge in [-0.05, 0) is 55.2 Å². The van der Waals surface area contributed by atoms with Crippen LogP contribution in [0.3, 0.4) is 0 Å². The molecule has 1 aliphatic heterocycles. The lowest BCUT2D eigenvalue weighted by Crippen LogP contribution is -2.40. The molecular formula is C25H34N4O2. The molecule has 1 heterocycles. The summed E-state index contributed by atoms with van der Waals surface area (Å²) in [6, 6.07) is 16.1. The molecule has 1 aliphatic rings. The summed E-state index contributed by atoms with van der Waals surface area (Å²) in [5.41, 5.74) is 3.06. The van der Waals surface area contributed by atoms with E-state index in [0.29, 0.717) is 24.6 Å². The number of ether oxygens (including phenoxy) is 1. The van der Waals surface area contributed by atoms with Gasteiger partial charge >= 0.3 is 0 Å². The van der Waals surface area contributed by atoms with Crippen molar-refractivity contribution >= 4 is 11.9 Å². The first-order chi connectivity index (χ1) is 15.1. The Kier molecular flexibility index (Phi) is 8.33. The predicted molar refractivity (Wildman–Crippen MR) is 126 cm³/mol. The van der Waals surface area contributed by atoms with E-state index in [2.05, 4.69) is 34.6 Å². The fraction of sp³-hybridized carbons (Fsp3) is 0.440. The van der Waals surface area contributed by atoms with Gasteiger partial charge in [-0.2, -0.15) is 0 Å². The molecule has 0 bridgehead atoms. The molecule has 31 heavy (non-hydrogen) atoms. The summed E-state index contributed by atoms with van der Waals surface area (Å²) in [4.78, 5) is 19.4. The van der Waals surface area contributed by atoms with Crippen molar-refractivity contribution < 1.29 is 9.53 Å². The van der Waals surface area contributed by atoms with Crippen molar-refractivity contribution in [2.75, 3.05) is 33.3 Å². The van der Waals surface area contributed by atoms with Gasteiger partial charge in [-0.25, -0.2) is 4.99 Å². The zero-order chi connectivity index (χ0) is 22.1. The van der Waals surface area contributed by atoms with Gasteiger partial charge in [-0.15, -0.1) is 0 Å². The Balaban J connectivity index is 1.66. The van der Waals surface area contributed by atoms with Gasteiger partial charge in [0, 0.05) is 37.7 Å².